The van der Waals surface area contributed by atoms with Gasteiger partial charge in [0.1, 0.15) is 11.0 Å². The van der Waals surface area contributed by atoms with Crippen molar-refractivity contribution in [1.29, 1.82) is 0 Å². The first-order valence-corrected chi connectivity index (χ1v) is 5.18. The molecule has 1 aromatic carbocycles. The van der Waals surface area contributed by atoms with Gasteiger partial charge in [-0.15, -0.1) is 0 Å². The number of nitro groups is 1. The van der Waals surface area contributed by atoms with Crippen LogP contribution in [0.15, 0.2) is 36.4 Å². The summed E-state index contributed by atoms with van der Waals surface area (Å²) in [6.45, 7) is 0. The summed E-state index contributed by atoms with van der Waals surface area (Å²) in [7, 11) is 0. The topological polar surface area (TPSA) is 65.3 Å². The summed E-state index contributed by atoms with van der Waals surface area (Å²) in [6, 6.07) is 7.61. The van der Waals surface area contributed by atoms with Crippen LogP contribution in [0.4, 0.5) is 10.1 Å². The molecule has 1 heterocycles. The number of nitro benzene ring substituents is 1. The molecule has 5 nitrogen and oxygen atoms in total. The second-order valence-electron chi connectivity index (χ2n) is 3.27. The molecule has 2 rings (SSSR count). The van der Waals surface area contributed by atoms with Crippen LogP contribution in [0.1, 0.15) is 0 Å². The predicted octanol–water partition coefficient (Wildman–Crippen LogP) is 3.57. The van der Waals surface area contributed by atoms with Gasteiger partial charge in [0.05, 0.1) is 11.0 Å². The highest BCUT2D eigenvalue weighted by Gasteiger charge is 2.17. The number of benzene rings is 1. The Morgan fingerprint density at radius 2 is 2.11 bits per heavy atom. The quantitative estimate of drug-likeness (QED) is 0.485. The van der Waals surface area contributed by atoms with Crippen LogP contribution < -0.4 is 4.74 Å². The Morgan fingerprint density at radius 3 is 2.78 bits per heavy atom. The lowest BCUT2D eigenvalue weighted by Gasteiger charge is -2.05. The van der Waals surface area contributed by atoms with Crippen molar-refractivity contribution in [3.8, 4) is 11.6 Å². The number of pyridine rings is 1. The molecule has 0 unspecified atom stereocenters. The fourth-order valence-corrected chi connectivity index (χ4v) is 1.43. The van der Waals surface area contributed by atoms with Gasteiger partial charge < -0.3 is 4.74 Å². The smallest absolute Gasteiger partial charge is 0.314 e. The second-order valence-corrected chi connectivity index (χ2v) is 3.66. The van der Waals surface area contributed by atoms with Gasteiger partial charge in [-0.05, 0) is 18.2 Å². The molecule has 0 N–H and O–H groups in total. The lowest BCUT2D eigenvalue weighted by molar-refractivity contribution is -0.385. The highest BCUT2D eigenvalue weighted by atomic mass is 35.5. The van der Waals surface area contributed by atoms with Crippen LogP contribution in [0, 0.1) is 15.9 Å². The van der Waals surface area contributed by atoms with E-state index in [9.17, 15) is 14.5 Å². The molecule has 1 aromatic heterocycles. The van der Waals surface area contributed by atoms with Crippen molar-refractivity contribution in [2.45, 2.75) is 0 Å². The third-order valence-corrected chi connectivity index (χ3v) is 2.23. The fraction of sp³-hybridized carbons (Fsp3) is 0. The van der Waals surface area contributed by atoms with Crippen LogP contribution in [-0.4, -0.2) is 9.91 Å². The highest BCUT2D eigenvalue weighted by molar-refractivity contribution is 6.29. The van der Waals surface area contributed by atoms with Crippen molar-refractivity contribution >= 4 is 17.3 Å². The molecule has 7 heteroatoms. The Bertz CT molecular complexity index is 607. The van der Waals surface area contributed by atoms with Gasteiger partial charge in [-0.25, -0.2) is 9.37 Å². The molecule has 0 radical (unpaired) electrons. The van der Waals surface area contributed by atoms with Gasteiger partial charge in [0.15, 0.2) is 0 Å². The van der Waals surface area contributed by atoms with E-state index in [-0.39, 0.29) is 16.8 Å². The lowest BCUT2D eigenvalue weighted by Crippen LogP contribution is -1.95. The average molecular weight is 269 g/mol. The van der Waals surface area contributed by atoms with Gasteiger partial charge in [-0.2, -0.15) is 0 Å². The van der Waals surface area contributed by atoms with Crippen LogP contribution in [-0.2, 0) is 0 Å². The van der Waals surface area contributed by atoms with E-state index in [4.69, 9.17) is 16.3 Å². The number of hydrogen-bond donors (Lipinski definition) is 0. The number of rotatable bonds is 3. The molecular formula is C11H6ClFN2O3. The summed E-state index contributed by atoms with van der Waals surface area (Å²) in [5, 5.41) is 10.9. The van der Waals surface area contributed by atoms with Gasteiger partial charge in [0.25, 0.3) is 0 Å². The maximum atomic E-state index is 12.9. The summed E-state index contributed by atoms with van der Waals surface area (Å²) in [5.41, 5.74) is -0.475. The summed E-state index contributed by atoms with van der Waals surface area (Å²) in [6.07, 6.45) is 0. The maximum Gasteiger partial charge on any atom is 0.314 e. The summed E-state index contributed by atoms with van der Waals surface area (Å²) in [4.78, 5) is 13.8. The van der Waals surface area contributed by atoms with Crippen LogP contribution in [0.2, 0.25) is 5.15 Å². The monoisotopic (exact) mass is 268 g/mol. The molecular weight excluding hydrogens is 263 g/mol. The lowest BCUT2D eigenvalue weighted by atomic mass is 10.3. The molecule has 0 spiro atoms. The zero-order chi connectivity index (χ0) is 13.1. The van der Waals surface area contributed by atoms with Crippen molar-refractivity contribution < 1.29 is 14.1 Å². The van der Waals surface area contributed by atoms with Crippen LogP contribution in [0.3, 0.4) is 0 Å². The Hall–Kier alpha value is -2.21. The zero-order valence-electron chi connectivity index (χ0n) is 8.84. The maximum absolute atomic E-state index is 12.9. The standard InChI is InChI=1S/C11H6ClFN2O3/c12-10-2-1-3-11(14-10)18-9-5-4-7(13)6-8(9)15(16)17/h1-6H. The SMILES string of the molecule is O=[N+]([O-])c1cc(F)ccc1Oc1cccc(Cl)n1. The van der Waals surface area contributed by atoms with E-state index in [1.165, 1.54) is 12.1 Å². The summed E-state index contributed by atoms with van der Waals surface area (Å²) >= 11 is 5.65. The van der Waals surface area contributed by atoms with Crippen LogP contribution >= 0.6 is 11.6 Å². The van der Waals surface area contributed by atoms with Crippen LogP contribution in [0.25, 0.3) is 0 Å². The molecule has 0 amide bonds. The van der Waals surface area contributed by atoms with E-state index in [0.717, 1.165) is 18.2 Å². The first-order valence-electron chi connectivity index (χ1n) is 4.80. The van der Waals surface area contributed by atoms with Crippen LogP contribution in [0.5, 0.6) is 11.6 Å². The largest absolute Gasteiger partial charge is 0.432 e. The predicted molar refractivity (Wildman–Crippen MR) is 62.4 cm³/mol. The normalized spacial score (nSPS) is 10.1. The Labute approximate surface area is 106 Å². The third kappa shape index (κ3) is 2.72. The number of aromatic nitrogens is 1. The molecule has 0 atom stereocenters. The van der Waals surface area contributed by atoms with Gasteiger partial charge >= 0.3 is 5.69 Å². The van der Waals surface area contributed by atoms with E-state index < -0.39 is 16.4 Å². The Balaban J connectivity index is 2.37. The minimum Gasteiger partial charge on any atom is -0.432 e. The van der Waals surface area contributed by atoms with Crippen molar-refractivity contribution in [2.75, 3.05) is 0 Å². The van der Waals surface area contributed by atoms with E-state index in [1.807, 2.05) is 0 Å². The van der Waals surface area contributed by atoms with E-state index >= 15 is 0 Å². The van der Waals surface area contributed by atoms with Gasteiger partial charge in [-0.1, -0.05) is 17.7 Å². The average Bonchev–Trinajstić information content (AvgIpc) is 2.31. The fourth-order valence-electron chi connectivity index (χ4n) is 1.28. The third-order valence-electron chi connectivity index (χ3n) is 2.02. The molecule has 92 valence electrons. The summed E-state index contributed by atoms with van der Waals surface area (Å²) in [5.74, 6) is -0.721. The summed E-state index contributed by atoms with van der Waals surface area (Å²) < 4.78 is 18.1. The van der Waals surface area contributed by atoms with Crippen molar-refractivity contribution in [3.05, 3.63) is 57.5 Å². The molecule has 0 saturated carbocycles. The van der Waals surface area contributed by atoms with Crippen molar-refractivity contribution in [1.82, 2.24) is 4.98 Å². The van der Waals surface area contributed by atoms with E-state index in [1.54, 1.807) is 6.07 Å². The molecule has 0 bridgehead atoms. The molecule has 0 aliphatic rings. The number of halogens is 2. The van der Waals surface area contributed by atoms with E-state index in [2.05, 4.69) is 4.98 Å². The number of ether oxygens (including phenoxy) is 1. The van der Waals surface area contributed by atoms with Gasteiger partial charge in [0, 0.05) is 6.07 Å². The molecule has 0 aliphatic carbocycles. The highest BCUT2D eigenvalue weighted by Crippen LogP contribution is 2.31. The Morgan fingerprint density at radius 1 is 1.33 bits per heavy atom. The number of nitrogens with zero attached hydrogens (tertiary/aromatic N) is 2. The minimum atomic E-state index is -0.733. The van der Waals surface area contributed by atoms with Crippen molar-refractivity contribution in [3.63, 3.8) is 0 Å². The molecule has 18 heavy (non-hydrogen) atoms. The molecule has 0 fully saturated rings. The zero-order valence-corrected chi connectivity index (χ0v) is 9.60. The molecule has 0 saturated heterocycles. The first-order chi connectivity index (χ1) is 8.56. The first kappa shape index (κ1) is 12.3. The Kier molecular flexibility index (Phi) is 3.38. The van der Waals surface area contributed by atoms with Crippen molar-refractivity contribution in [2.24, 2.45) is 0 Å². The molecule has 2 aromatic rings. The van der Waals surface area contributed by atoms with E-state index in [0.29, 0.717) is 0 Å². The number of hydrogen-bond acceptors (Lipinski definition) is 4. The van der Waals surface area contributed by atoms with Gasteiger partial charge in [-0.3, -0.25) is 10.1 Å². The van der Waals surface area contributed by atoms with Gasteiger partial charge in [0.2, 0.25) is 11.6 Å². The molecule has 0 aliphatic heterocycles. The minimum absolute atomic E-state index is 0.0946. The second kappa shape index (κ2) is 4.97.